The molecule has 0 atom stereocenters. The van der Waals surface area contributed by atoms with E-state index in [2.05, 4.69) is 21.2 Å². The summed E-state index contributed by atoms with van der Waals surface area (Å²) in [7, 11) is -0.581. The highest BCUT2D eigenvalue weighted by Crippen LogP contribution is 2.39. The minimum absolute atomic E-state index is 0.136. The van der Waals surface area contributed by atoms with Gasteiger partial charge in [-0.3, -0.25) is 9.10 Å². The van der Waals surface area contributed by atoms with Crippen LogP contribution in [0.1, 0.15) is 10.4 Å². The van der Waals surface area contributed by atoms with E-state index in [9.17, 15) is 13.2 Å². The number of para-hydroxylation sites is 2. The topological polar surface area (TPSA) is 79.0 Å². The summed E-state index contributed by atoms with van der Waals surface area (Å²) in [6, 6.07) is 12.2. The van der Waals surface area contributed by atoms with Gasteiger partial charge in [-0.1, -0.05) is 12.1 Å². The molecule has 3 rings (SSSR count). The lowest BCUT2D eigenvalue weighted by atomic mass is 10.2. The number of fused-ring (bicyclic) bond motifs is 1. The number of amides is 1. The second-order valence-electron chi connectivity index (χ2n) is 5.64. The van der Waals surface area contributed by atoms with E-state index in [4.69, 9.17) is 4.74 Å². The Balaban J connectivity index is 1.71. The third kappa shape index (κ3) is 3.24. The van der Waals surface area contributed by atoms with Gasteiger partial charge in [0, 0.05) is 18.1 Å². The monoisotopic (exact) mass is 439 g/mol. The highest BCUT2D eigenvalue weighted by molar-refractivity contribution is 9.10. The molecule has 1 amide bonds. The lowest BCUT2D eigenvalue weighted by Crippen LogP contribution is -2.40. The van der Waals surface area contributed by atoms with E-state index in [1.807, 2.05) is 0 Å². The van der Waals surface area contributed by atoms with E-state index in [0.717, 1.165) is 0 Å². The number of carbonyl (C=O) groups is 1. The molecule has 1 aliphatic heterocycles. The second kappa shape index (κ2) is 7.16. The Morgan fingerprint density at radius 1 is 1.19 bits per heavy atom. The predicted octanol–water partition coefficient (Wildman–Crippen LogP) is 2.39. The zero-order valence-electron chi connectivity index (χ0n) is 14.3. The van der Waals surface area contributed by atoms with E-state index in [1.54, 1.807) is 42.5 Å². The third-order valence-corrected chi connectivity index (χ3v) is 6.65. The zero-order chi connectivity index (χ0) is 18.9. The van der Waals surface area contributed by atoms with Crippen LogP contribution in [0.2, 0.25) is 0 Å². The summed E-state index contributed by atoms with van der Waals surface area (Å²) in [4.78, 5) is 12.4. The van der Waals surface area contributed by atoms with Crippen LogP contribution in [0.15, 0.2) is 46.9 Å². The van der Waals surface area contributed by atoms with Gasteiger partial charge in [0.15, 0.2) is 0 Å². The Morgan fingerprint density at radius 3 is 2.58 bits per heavy atom. The number of nitrogens with one attached hydrogen (secondary N) is 1. The molecule has 26 heavy (non-hydrogen) atoms. The van der Waals surface area contributed by atoms with E-state index < -0.39 is 10.2 Å². The maximum absolute atomic E-state index is 12.5. The molecule has 0 saturated carbocycles. The summed E-state index contributed by atoms with van der Waals surface area (Å²) in [5.41, 5.74) is 1.65. The van der Waals surface area contributed by atoms with Crippen LogP contribution in [0.25, 0.3) is 0 Å². The molecule has 7 nitrogen and oxygen atoms in total. The number of hydrogen-bond donors (Lipinski definition) is 1. The van der Waals surface area contributed by atoms with E-state index in [-0.39, 0.29) is 19.0 Å². The number of ether oxygens (including phenoxy) is 1. The molecule has 0 fully saturated rings. The van der Waals surface area contributed by atoms with Crippen molar-refractivity contribution in [3.05, 3.63) is 52.5 Å². The summed E-state index contributed by atoms with van der Waals surface area (Å²) in [6.45, 7) is 0.306. The highest BCUT2D eigenvalue weighted by atomic mass is 79.9. The SMILES string of the molecule is COc1ccc(Br)c(C(=O)NCCN2c3ccccc3N(C)S2(=O)=O)c1. The Kier molecular flexibility index (Phi) is 5.10. The predicted molar refractivity (Wildman–Crippen MR) is 104 cm³/mol. The van der Waals surface area contributed by atoms with Gasteiger partial charge in [0.05, 0.1) is 30.6 Å². The maximum atomic E-state index is 12.5. The number of nitrogens with zero attached hydrogens (tertiary/aromatic N) is 2. The summed E-state index contributed by atoms with van der Waals surface area (Å²) in [5.74, 6) is 0.255. The quantitative estimate of drug-likeness (QED) is 0.775. The van der Waals surface area contributed by atoms with Crippen LogP contribution in [0.4, 0.5) is 11.4 Å². The first-order valence-electron chi connectivity index (χ1n) is 7.83. The van der Waals surface area contributed by atoms with E-state index in [1.165, 1.54) is 22.8 Å². The van der Waals surface area contributed by atoms with Crippen molar-refractivity contribution in [2.75, 3.05) is 35.9 Å². The molecule has 0 radical (unpaired) electrons. The van der Waals surface area contributed by atoms with Gasteiger partial charge >= 0.3 is 10.2 Å². The van der Waals surface area contributed by atoms with Crippen LogP contribution in [-0.2, 0) is 10.2 Å². The zero-order valence-corrected chi connectivity index (χ0v) is 16.7. The fourth-order valence-corrected chi connectivity index (χ4v) is 4.60. The molecule has 2 aromatic carbocycles. The number of halogens is 1. The van der Waals surface area contributed by atoms with Crippen molar-refractivity contribution >= 4 is 43.4 Å². The molecule has 9 heteroatoms. The van der Waals surface area contributed by atoms with Crippen molar-refractivity contribution in [1.29, 1.82) is 0 Å². The van der Waals surface area contributed by atoms with Gasteiger partial charge < -0.3 is 10.1 Å². The smallest absolute Gasteiger partial charge is 0.326 e. The van der Waals surface area contributed by atoms with Crippen molar-refractivity contribution in [3.63, 3.8) is 0 Å². The molecule has 1 N–H and O–H groups in total. The largest absolute Gasteiger partial charge is 0.497 e. The van der Waals surface area contributed by atoms with E-state index >= 15 is 0 Å². The summed E-state index contributed by atoms with van der Waals surface area (Å²) < 4.78 is 33.4. The average molecular weight is 440 g/mol. The summed E-state index contributed by atoms with van der Waals surface area (Å²) >= 11 is 3.34. The number of methoxy groups -OCH3 is 1. The van der Waals surface area contributed by atoms with Gasteiger partial charge in [-0.05, 0) is 46.3 Å². The maximum Gasteiger partial charge on any atom is 0.326 e. The fourth-order valence-electron chi connectivity index (χ4n) is 2.75. The molecular weight excluding hydrogens is 422 g/mol. The molecule has 0 spiro atoms. The molecule has 1 aliphatic rings. The Hall–Kier alpha value is -2.26. The van der Waals surface area contributed by atoms with Crippen molar-refractivity contribution in [1.82, 2.24) is 5.32 Å². The van der Waals surface area contributed by atoms with Crippen LogP contribution in [0.5, 0.6) is 5.75 Å². The number of benzene rings is 2. The third-order valence-electron chi connectivity index (χ3n) is 4.13. The Labute approximate surface area is 160 Å². The molecule has 0 aromatic heterocycles. The fraction of sp³-hybridized carbons (Fsp3) is 0.235. The first kappa shape index (κ1) is 18.5. The Bertz CT molecular complexity index is 949. The normalized spacial score (nSPS) is 14.9. The van der Waals surface area contributed by atoms with Crippen molar-refractivity contribution in [2.45, 2.75) is 0 Å². The Morgan fingerprint density at radius 2 is 1.88 bits per heavy atom. The minimum atomic E-state index is -3.62. The molecule has 1 heterocycles. The van der Waals surface area contributed by atoms with Crippen LogP contribution in [0.3, 0.4) is 0 Å². The molecule has 0 saturated heterocycles. The van der Waals surface area contributed by atoms with Gasteiger partial charge in [-0.15, -0.1) is 0 Å². The molecule has 0 aliphatic carbocycles. The van der Waals surface area contributed by atoms with Gasteiger partial charge in [0.1, 0.15) is 5.75 Å². The van der Waals surface area contributed by atoms with Crippen molar-refractivity contribution < 1.29 is 17.9 Å². The van der Waals surface area contributed by atoms with Crippen LogP contribution in [0, 0.1) is 0 Å². The molecule has 2 aromatic rings. The van der Waals surface area contributed by atoms with Gasteiger partial charge in [-0.2, -0.15) is 8.42 Å². The lowest BCUT2D eigenvalue weighted by molar-refractivity contribution is 0.0953. The molecule has 0 bridgehead atoms. The van der Waals surface area contributed by atoms with Crippen LogP contribution < -0.4 is 18.7 Å². The number of anilines is 2. The first-order valence-corrected chi connectivity index (χ1v) is 10.0. The van der Waals surface area contributed by atoms with Gasteiger partial charge in [-0.25, -0.2) is 4.31 Å². The highest BCUT2D eigenvalue weighted by Gasteiger charge is 2.37. The number of carbonyl (C=O) groups excluding carboxylic acids is 1. The van der Waals surface area contributed by atoms with Crippen LogP contribution in [-0.4, -0.2) is 41.6 Å². The molecular formula is C17H18BrN3O4S. The molecule has 138 valence electrons. The average Bonchev–Trinajstić information content (AvgIpc) is 2.83. The lowest BCUT2D eigenvalue weighted by Gasteiger charge is -2.19. The van der Waals surface area contributed by atoms with Crippen molar-refractivity contribution in [3.8, 4) is 5.75 Å². The molecule has 0 unspecified atom stereocenters. The van der Waals surface area contributed by atoms with Crippen LogP contribution >= 0.6 is 15.9 Å². The number of rotatable bonds is 5. The van der Waals surface area contributed by atoms with Crippen molar-refractivity contribution in [2.24, 2.45) is 0 Å². The van der Waals surface area contributed by atoms with Gasteiger partial charge in [0.2, 0.25) is 0 Å². The van der Waals surface area contributed by atoms with E-state index in [0.29, 0.717) is 27.2 Å². The minimum Gasteiger partial charge on any atom is -0.497 e. The van der Waals surface area contributed by atoms with Gasteiger partial charge in [0.25, 0.3) is 5.91 Å². The summed E-state index contributed by atoms with van der Waals surface area (Å²) in [5, 5.41) is 2.75. The summed E-state index contributed by atoms with van der Waals surface area (Å²) in [6.07, 6.45) is 0. The second-order valence-corrected chi connectivity index (χ2v) is 8.38. The first-order chi connectivity index (χ1) is 12.4. The number of hydrogen-bond acceptors (Lipinski definition) is 4. The standard InChI is InChI=1S/C17H18BrN3O4S/c1-20-15-5-3-4-6-16(15)21(26(20,23)24)10-9-19-17(22)13-11-12(25-2)7-8-14(13)18/h3-8,11H,9-10H2,1-2H3,(H,19,22).